The van der Waals surface area contributed by atoms with Gasteiger partial charge in [-0.05, 0) is 37.8 Å². The van der Waals surface area contributed by atoms with Crippen molar-refractivity contribution >= 4 is 5.82 Å². The molecule has 1 saturated carbocycles. The lowest BCUT2D eigenvalue weighted by Crippen LogP contribution is -2.53. The molecule has 4 heteroatoms. The number of anilines is 1. The summed E-state index contributed by atoms with van der Waals surface area (Å²) in [7, 11) is 0. The van der Waals surface area contributed by atoms with Gasteiger partial charge in [-0.2, -0.15) is 0 Å². The van der Waals surface area contributed by atoms with Crippen molar-refractivity contribution in [2.75, 3.05) is 18.0 Å². The van der Waals surface area contributed by atoms with Gasteiger partial charge in [0.05, 0.1) is 5.60 Å². The van der Waals surface area contributed by atoms with E-state index in [1.165, 1.54) is 18.4 Å². The van der Waals surface area contributed by atoms with Crippen LogP contribution in [-0.4, -0.2) is 28.8 Å². The van der Waals surface area contributed by atoms with Crippen LogP contribution in [0.2, 0.25) is 0 Å². The van der Waals surface area contributed by atoms with E-state index in [-0.39, 0.29) is 0 Å². The zero-order valence-corrected chi connectivity index (χ0v) is 12.3. The number of rotatable bonds is 2. The normalized spacial score (nSPS) is 30.1. The predicted octanol–water partition coefficient (Wildman–Crippen LogP) is 1.98. The minimum Gasteiger partial charge on any atom is -0.389 e. The smallest absolute Gasteiger partial charge is 0.133 e. The Morgan fingerprint density at radius 3 is 3.10 bits per heavy atom. The average molecular weight is 275 g/mol. The quantitative estimate of drug-likeness (QED) is 0.866. The van der Waals surface area contributed by atoms with Gasteiger partial charge in [0.1, 0.15) is 5.82 Å². The molecule has 2 heterocycles. The lowest BCUT2D eigenvalue weighted by Gasteiger charge is -2.48. The highest BCUT2D eigenvalue weighted by Crippen LogP contribution is 2.41. The van der Waals surface area contributed by atoms with Crippen molar-refractivity contribution in [3.63, 3.8) is 0 Å². The Morgan fingerprint density at radius 2 is 2.30 bits per heavy atom. The third kappa shape index (κ3) is 2.31. The van der Waals surface area contributed by atoms with E-state index in [9.17, 15) is 5.11 Å². The van der Waals surface area contributed by atoms with Gasteiger partial charge in [-0.3, -0.25) is 0 Å². The van der Waals surface area contributed by atoms with E-state index in [1.54, 1.807) is 0 Å². The molecule has 20 heavy (non-hydrogen) atoms. The Balaban J connectivity index is 1.84. The van der Waals surface area contributed by atoms with Crippen molar-refractivity contribution in [2.45, 2.75) is 51.2 Å². The Labute approximate surface area is 121 Å². The number of fused-ring (bicyclic) bond motifs is 1. The summed E-state index contributed by atoms with van der Waals surface area (Å²) in [5.41, 5.74) is 7.83. The van der Waals surface area contributed by atoms with Crippen LogP contribution < -0.4 is 10.6 Å². The van der Waals surface area contributed by atoms with Crippen LogP contribution >= 0.6 is 0 Å². The van der Waals surface area contributed by atoms with Crippen molar-refractivity contribution in [2.24, 2.45) is 11.7 Å². The van der Waals surface area contributed by atoms with E-state index < -0.39 is 5.60 Å². The van der Waals surface area contributed by atoms with Crippen LogP contribution in [0.5, 0.6) is 0 Å². The summed E-state index contributed by atoms with van der Waals surface area (Å²) in [6.07, 6.45) is 7.24. The van der Waals surface area contributed by atoms with Crippen LogP contribution in [-0.2, 0) is 6.54 Å². The Kier molecular flexibility index (Phi) is 3.69. The topological polar surface area (TPSA) is 62.4 Å². The second kappa shape index (κ2) is 5.34. The molecule has 1 aliphatic heterocycles. The van der Waals surface area contributed by atoms with Crippen LogP contribution in [0.1, 0.15) is 43.2 Å². The number of hydrogen-bond donors (Lipinski definition) is 2. The second-order valence-corrected chi connectivity index (χ2v) is 6.38. The second-order valence-electron chi connectivity index (χ2n) is 6.38. The molecule has 2 fully saturated rings. The molecule has 2 unspecified atom stereocenters. The molecule has 1 aliphatic carbocycles. The lowest BCUT2D eigenvalue weighted by atomic mass is 9.71. The summed E-state index contributed by atoms with van der Waals surface area (Å²) in [5.74, 6) is 1.41. The number of pyridine rings is 1. The number of hydrogen-bond acceptors (Lipinski definition) is 4. The molecule has 1 saturated heterocycles. The van der Waals surface area contributed by atoms with E-state index in [1.807, 2.05) is 12.3 Å². The van der Waals surface area contributed by atoms with E-state index in [4.69, 9.17) is 5.73 Å². The van der Waals surface area contributed by atoms with Gasteiger partial charge < -0.3 is 15.7 Å². The molecule has 1 aromatic rings. The summed E-state index contributed by atoms with van der Waals surface area (Å²) in [6, 6.07) is 2.02. The molecule has 2 aliphatic rings. The number of piperidine rings is 1. The van der Waals surface area contributed by atoms with Crippen molar-refractivity contribution in [3.8, 4) is 0 Å². The van der Waals surface area contributed by atoms with Gasteiger partial charge in [0.25, 0.3) is 0 Å². The van der Waals surface area contributed by atoms with Crippen LogP contribution in [0.3, 0.4) is 0 Å². The first-order valence-corrected chi connectivity index (χ1v) is 7.76. The number of nitrogens with zero attached hydrogens (tertiary/aromatic N) is 2. The zero-order chi connectivity index (χ0) is 14.2. The summed E-state index contributed by atoms with van der Waals surface area (Å²) in [6.45, 7) is 4.42. The molecule has 0 radical (unpaired) electrons. The SMILES string of the molecule is Cc1ccnc(N2CCC3(O)CCCCC3C2)c1CN. The van der Waals surface area contributed by atoms with Crippen molar-refractivity contribution in [3.05, 3.63) is 23.4 Å². The third-order valence-corrected chi connectivity index (χ3v) is 5.20. The first kappa shape index (κ1) is 13.8. The maximum absolute atomic E-state index is 10.8. The molecular formula is C16H25N3O. The fraction of sp³-hybridized carbons (Fsp3) is 0.688. The van der Waals surface area contributed by atoms with Gasteiger partial charge >= 0.3 is 0 Å². The van der Waals surface area contributed by atoms with Crippen LogP contribution in [0.4, 0.5) is 5.82 Å². The highest BCUT2D eigenvalue weighted by Gasteiger charge is 2.43. The molecule has 3 N–H and O–H groups in total. The Hall–Kier alpha value is -1.13. The monoisotopic (exact) mass is 275 g/mol. The first-order valence-electron chi connectivity index (χ1n) is 7.76. The number of aryl methyl sites for hydroxylation is 1. The van der Waals surface area contributed by atoms with Gasteiger partial charge in [0.2, 0.25) is 0 Å². The molecule has 0 aromatic carbocycles. The number of nitrogens with two attached hydrogens (primary N) is 1. The van der Waals surface area contributed by atoms with Crippen molar-refractivity contribution in [1.82, 2.24) is 4.98 Å². The van der Waals surface area contributed by atoms with Crippen molar-refractivity contribution < 1.29 is 5.11 Å². The standard InChI is InChI=1S/C16H25N3O/c1-12-5-8-18-15(14(12)10-17)19-9-7-16(20)6-3-2-4-13(16)11-19/h5,8,13,20H,2-4,6-7,9-11,17H2,1H3. The number of aromatic nitrogens is 1. The Bertz CT molecular complexity index is 491. The summed E-state index contributed by atoms with van der Waals surface area (Å²) in [4.78, 5) is 6.89. The van der Waals surface area contributed by atoms with Crippen LogP contribution in [0.25, 0.3) is 0 Å². The highest BCUT2D eigenvalue weighted by atomic mass is 16.3. The molecule has 110 valence electrons. The summed E-state index contributed by atoms with van der Waals surface area (Å²) >= 11 is 0. The number of aliphatic hydroxyl groups is 1. The Morgan fingerprint density at radius 1 is 1.45 bits per heavy atom. The maximum atomic E-state index is 10.8. The highest BCUT2D eigenvalue weighted by molar-refractivity contribution is 5.51. The summed E-state index contributed by atoms with van der Waals surface area (Å²) < 4.78 is 0. The molecule has 3 rings (SSSR count). The fourth-order valence-electron chi connectivity index (χ4n) is 3.86. The average Bonchev–Trinajstić information content (AvgIpc) is 2.46. The van der Waals surface area contributed by atoms with E-state index in [2.05, 4.69) is 16.8 Å². The van der Waals surface area contributed by atoms with Crippen molar-refractivity contribution in [1.29, 1.82) is 0 Å². The molecule has 0 amide bonds. The van der Waals surface area contributed by atoms with Gasteiger partial charge in [-0.15, -0.1) is 0 Å². The fourth-order valence-corrected chi connectivity index (χ4v) is 3.86. The van der Waals surface area contributed by atoms with Crippen LogP contribution in [0.15, 0.2) is 12.3 Å². The summed E-state index contributed by atoms with van der Waals surface area (Å²) in [5, 5.41) is 10.8. The minimum atomic E-state index is -0.429. The maximum Gasteiger partial charge on any atom is 0.133 e. The largest absolute Gasteiger partial charge is 0.389 e. The molecule has 4 nitrogen and oxygen atoms in total. The molecule has 0 spiro atoms. The predicted molar refractivity (Wildman–Crippen MR) is 80.6 cm³/mol. The minimum absolute atomic E-state index is 0.387. The van der Waals surface area contributed by atoms with Gasteiger partial charge in [0.15, 0.2) is 0 Å². The van der Waals surface area contributed by atoms with E-state index >= 15 is 0 Å². The molecule has 1 aromatic heterocycles. The molecule has 2 atom stereocenters. The van der Waals surface area contributed by atoms with Crippen LogP contribution in [0, 0.1) is 12.8 Å². The molecule has 0 bridgehead atoms. The van der Waals surface area contributed by atoms with Gasteiger partial charge in [-0.1, -0.05) is 12.8 Å². The van der Waals surface area contributed by atoms with E-state index in [0.717, 1.165) is 43.7 Å². The van der Waals surface area contributed by atoms with Gasteiger partial charge in [0, 0.05) is 37.3 Å². The molecular weight excluding hydrogens is 250 g/mol. The van der Waals surface area contributed by atoms with Gasteiger partial charge in [-0.25, -0.2) is 4.98 Å². The third-order valence-electron chi connectivity index (χ3n) is 5.20. The zero-order valence-electron chi connectivity index (χ0n) is 12.3. The first-order chi connectivity index (χ1) is 9.64. The van der Waals surface area contributed by atoms with E-state index in [0.29, 0.717) is 12.5 Å². The lowest BCUT2D eigenvalue weighted by molar-refractivity contribution is -0.0613.